The van der Waals surface area contributed by atoms with Crippen molar-refractivity contribution in [2.45, 2.75) is 38.3 Å². The number of hydrogen-bond donors (Lipinski definition) is 2. The van der Waals surface area contributed by atoms with Crippen molar-refractivity contribution in [2.24, 2.45) is 5.92 Å². The smallest absolute Gasteiger partial charge is 0.317 e. The summed E-state index contributed by atoms with van der Waals surface area (Å²) in [6, 6.07) is 6.21. The average Bonchev–Trinajstić information content (AvgIpc) is 3.26. The highest BCUT2D eigenvalue weighted by molar-refractivity contribution is 5.82. The van der Waals surface area contributed by atoms with Crippen LogP contribution < -0.4 is 10.6 Å². The maximum Gasteiger partial charge on any atom is 0.317 e. The van der Waals surface area contributed by atoms with E-state index in [2.05, 4.69) is 22.1 Å². The molecule has 2 fully saturated rings. The van der Waals surface area contributed by atoms with Gasteiger partial charge in [-0.1, -0.05) is 37.1 Å². The Labute approximate surface area is 172 Å². The van der Waals surface area contributed by atoms with Crippen LogP contribution in [0.1, 0.15) is 31.2 Å². The number of halogens is 1. The Bertz CT molecular complexity index is 713. The molecule has 7 heteroatoms. The molecular weight excluding hydrogens is 371 g/mol. The minimum Gasteiger partial charge on any atom is -0.351 e. The van der Waals surface area contributed by atoms with Gasteiger partial charge in [0.15, 0.2) is 0 Å². The van der Waals surface area contributed by atoms with Gasteiger partial charge in [-0.2, -0.15) is 0 Å². The Kier molecular flexibility index (Phi) is 7.63. The van der Waals surface area contributed by atoms with Gasteiger partial charge >= 0.3 is 6.03 Å². The van der Waals surface area contributed by atoms with Crippen molar-refractivity contribution in [2.75, 3.05) is 32.7 Å². The van der Waals surface area contributed by atoms with Crippen LogP contribution in [0.15, 0.2) is 36.9 Å². The molecule has 158 valence electrons. The minimum atomic E-state index is -0.302. The van der Waals surface area contributed by atoms with E-state index >= 15 is 0 Å². The normalized spacial score (nSPS) is 19.0. The summed E-state index contributed by atoms with van der Waals surface area (Å²) < 4.78 is 13.9. The molecule has 0 radical (unpaired) electrons. The number of nitrogens with one attached hydrogen (secondary N) is 2. The van der Waals surface area contributed by atoms with Gasteiger partial charge in [-0.25, -0.2) is 9.18 Å². The molecule has 2 aliphatic rings. The van der Waals surface area contributed by atoms with E-state index in [4.69, 9.17) is 0 Å². The van der Waals surface area contributed by atoms with E-state index in [1.165, 1.54) is 6.07 Å². The molecule has 1 saturated carbocycles. The number of piperazine rings is 1. The van der Waals surface area contributed by atoms with Gasteiger partial charge in [-0.15, -0.1) is 6.58 Å². The van der Waals surface area contributed by atoms with E-state index in [1.807, 2.05) is 0 Å². The van der Waals surface area contributed by atoms with Gasteiger partial charge in [-0.3, -0.25) is 9.69 Å². The first-order valence-corrected chi connectivity index (χ1v) is 10.5. The van der Waals surface area contributed by atoms with Crippen molar-refractivity contribution in [3.8, 4) is 0 Å². The molecule has 1 aromatic carbocycles. The second-order valence-corrected chi connectivity index (χ2v) is 7.80. The molecule has 1 aliphatic carbocycles. The van der Waals surface area contributed by atoms with Gasteiger partial charge < -0.3 is 15.5 Å². The predicted molar refractivity (Wildman–Crippen MR) is 111 cm³/mol. The second-order valence-electron chi connectivity index (χ2n) is 7.80. The van der Waals surface area contributed by atoms with Crippen LogP contribution in [-0.2, 0) is 11.3 Å². The number of amides is 3. The van der Waals surface area contributed by atoms with Crippen molar-refractivity contribution in [3.05, 3.63) is 48.3 Å². The van der Waals surface area contributed by atoms with Crippen LogP contribution in [-0.4, -0.2) is 60.5 Å². The summed E-state index contributed by atoms with van der Waals surface area (Å²) >= 11 is 0. The molecule has 3 rings (SSSR count). The summed E-state index contributed by atoms with van der Waals surface area (Å²) in [7, 11) is 0. The Morgan fingerprint density at radius 2 is 1.83 bits per heavy atom. The van der Waals surface area contributed by atoms with Gasteiger partial charge in [0.25, 0.3) is 0 Å². The van der Waals surface area contributed by atoms with Crippen LogP contribution in [0, 0.1) is 11.7 Å². The number of nitrogens with zero attached hydrogens (tertiary/aromatic N) is 2. The minimum absolute atomic E-state index is 0.0373. The van der Waals surface area contributed by atoms with E-state index in [0.717, 1.165) is 25.7 Å². The Morgan fingerprint density at radius 1 is 1.14 bits per heavy atom. The first-order chi connectivity index (χ1) is 14.1. The lowest BCUT2D eigenvalue weighted by Crippen LogP contribution is -2.59. The van der Waals surface area contributed by atoms with Gasteiger partial charge in [0.1, 0.15) is 5.82 Å². The summed E-state index contributed by atoms with van der Waals surface area (Å²) in [4.78, 5) is 29.2. The maximum atomic E-state index is 13.9. The number of rotatable bonds is 7. The molecule has 0 spiro atoms. The second kappa shape index (κ2) is 10.4. The fourth-order valence-corrected chi connectivity index (χ4v) is 4.35. The zero-order valence-electron chi connectivity index (χ0n) is 16.9. The molecule has 29 heavy (non-hydrogen) atoms. The Hall–Kier alpha value is -2.41. The molecule has 2 N–H and O–H groups in total. The molecule has 0 bridgehead atoms. The lowest BCUT2D eigenvalue weighted by atomic mass is 9.95. The van der Waals surface area contributed by atoms with Crippen molar-refractivity contribution in [3.63, 3.8) is 0 Å². The maximum absolute atomic E-state index is 13.9. The lowest BCUT2D eigenvalue weighted by molar-refractivity contribution is -0.129. The van der Waals surface area contributed by atoms with Crippen molar-refractivity contribution in [1.82, 2.24) is 20.4 Å². The third kappa shape index (κ3) is 5.56. The third-order valence-electron chi connectivity index (χ3n) is 5.92. The molecule has 1 heterocycles. The monoisotopic (exact) mass is 402 g/mol. The SMILES string of the molecule is C=CCNC(=O)N1CCN([C@H](C(=O)NCc2ccccc2F)C2CCCC2)CC1. The number of urea groups is 1. The first kappa shape index (κ1) is 21.3. The average molecular weight is 403 g/mol. The van der Waals surface area contributed by atoms with Gasteiger partial charge in [0.2, 0.25) is 5.91 Å². The number of benzene rings is 1. The van der Waals surface area contributed by atoms with Crippen molar-refractivity contribution < 1.29 is 14.0 Å². The van der Waals surface area contributed by atoms with Crippen LogP contribution in [0.4, 0.5) is 9.18 Å². The molecular formula is C22H31FN4O2. The zero-order chi connectivity index (χ0) is 20.6. The quantitative estimate of drug-likeness (QED) is 0.689. The summed E-state index contributed by atoms with van der Waals surface area (Å²) in [5, 5.41) is 5.75. The van der Waals surface area contributed by atoms with Crippen LogP contribution in [0.5, 0.6) is 0 Å². The van der Waals surface area contributed by atoms with E-state index in [0.29, 0.717) is 44.2 Å². The highest BCUT2D eigenvalue weighted by Crippen LogP contribution is 2.31. The van der Waals surface area contributed by atoms with Crippen LogP contribution in [0.2, 0.25) is 0 Å². The summed E-state index contributed by atoms with van der Waals surface area (Å²) in [5.74, 6) is -0.0224. The number of hydrogen-bond acceptors (Lipinski definition) is 3. The van der Waals surface area contributed by atoms with Gasteiger partial charge in [-0.05, 0) is 24.8 Å². The van der Waals surface area contributed by atoms with Gasteiger partial charge in [0.05, 0.1) is 6.04 Å². The molecule has 1 atom stereocenters. The molecule has 1 aliphatic heterocycles. The standard InChI is InChI=1S/C22H31FN4O2/c1-2-11-24-22(29)27-14-12-26(13-15-27)20(17-7-3-4-8-17)21(28)25-16-18-9-5-6-10-19(18)23/h2,5-6,9-10,17,20H,1,3-4,7-8,11-16H2,(H,24,29)(H,25,28)/t20-/m0/s1. The Balaban J connectivity index is 1.60. The largest absolute Gasteiger partial charge is 0.351 e. The molecule has 6 nitrogen and oxygen atoms in total. The highest BCUT2D eigenvalue weighted by atomic mass is 19.1. The van der Waals surface area contributed by atoms with Crippen LogP contribution in [0.25, 0.3) is 0 Å². The van der Waals surface area contributed by atoms with Gasteiger partial charge in [0, 0.05) is 44.8 Å². The van der Waals surface area contributed by atoms with E-state index in [1.54, 1.807) is 29.2 Å². The summed E-state index contributed by atoms with van der Waals surface area (Å²) in [6.07, 6.45) is 6.02. The first-order valence-electron chi connectivity index (χ1n) is 10.5. The molecule has 1 saturated heterocycles. The molecule has 3 amide bonds. The van der Waals surface area contributed by atoms with Crippen molar-refractivity contribution >= 4 is 11.9 Å². The van der Waals surface area contributed by atoms with Crippen LogP contribution >= 0.6 is 0 Å². The highest BCUT2D eigenvalue weighted by Gasteiger charge is 2.37. The molecule has 0 aromatic heterocycles. The predicted octanol–water partition coefficient (Wildman–Crippen LogP) is 2.51. The van der Waals surface area contributed by atoms with Crippen LogP contribution in [0.3, 0.4) is 0 Å². The molecule has 1 aromatic rings. The number of carbonyl (C=O) groups is 2. The zero-order valence-corrected chi connectivity index (χ0v) is 16.9. The van der Waals surface area contributed by atoms with E-state index in [-0.39, 0.29) is 30.3 Å². The lowest BCUT2D eigenvalue weighted by Gasteiger charge is -2.40. The Morgan fingerprint density at radius 3 is 2.48 bits per heavy atom. The summed E-state index contributed by atoms with van der Waals surface area (Å²) in [5.41, 5.74) is 0.495. The topological polar surface area (TPSA) is 64.7 Å². The van der Waals surface area contributed by atoms with E-state index in [9.17, 15) is 14.0 Å². The fraction of sp³-hybridized carbons (Fsp3) is 0.545. The fourth-order valence-electron chi connectivity index (χ4n) is 4.35. The number of carbonyl (C=O) groups excluding carboxylic acids is 2. The van der Waals surface area contributed by atoms with E-state index < -0.39 is 0 Å². The van der Waals surface area contributed by atoms with Crippen molar-refractivity contribution in [1.29, 1.82) is 0 Å². The summed E-state index contributed by atoms with van der Waals surface area (Å²) in [6.45, 7) is 6.76. The third-order valence-corrected chi connectivity index (χ3v) is 5.92. The molecule has 0 unspecified atom stereocenters.